The molecule has 0 radical (unpaired) electrons. The average molecular weight is 356 g/mol. The second-order valence-electron chi connectivity index (χ2n) is 7.10. The van der Waals surface area contributed by atoms with Crippen LogP contribution in [0.25, 0.3) is 11.3 Å². The fourth-order valence-corrected chi connectivity index (χ4v) is 3.67. The van der Waals surface area contributed by atoms with Crippen LogP contribution >= 0.6 is 0 Å². The number of benzene rings is 1. The van der Waals surface area contributed by atoms with Crippen LogP contribution < -0.4 is 0 Å². The molecule has 2 aromatic rings. The number of hydrogen-bond donors (Lipinski definition) is 1. The van der Waals surface area contributed by atoms with Crippen molar-refractivity contribution < 1.29 is 14.3 Å². The van der Waals surface area contributed by atoms with E-state index in [9.17, 15) is 4.79 Å². The normalized spacial score (nSPS) is 16.3. The molecule has 0 saturated carbocycles. The Hall–Kier alpha value is -2.11. The van der Waals surface area contributed by atoms with E-state index in [0.717, 1.165) is 56.1 Å². The van der Waals surface area contributed by atoms with Crippen molar-refractivity contribution in [2.75, 3.05) is 26.2 Å². The van der Waals surface area contributed by atoms with Crippen molar-refractivity contribution in [1.29, 1.82) is 0 Å². The first kappa shape index (κ1) is 18.7. The molecule has 1 fully saturated rings. The fourth-order valence-electron chi connectivity index (χ4n) is 3.67. The van der Waals surface area contributed by atoms with Crippen LogP contribution in [0.5, 0.6) is 0 Å². The Bertz CT molecular complexity index is 715. The highest BCUT2D eigenvalue weighted by Crippen LogP contribution is 2.24. The minimum absolute atomic E-state index is 0.138. The first-order valence-electron chi connectivity index (χ1n) is 9.39. The molecule has 0 spiro atoms. The van der Waals surface area contributed by atoms with Gasteiger partial charge in [0.1, 0.15) is 11.5 Å². The molecule has 0 unspecified atom stereocenters. The molecule has 1 aromatic carbocycles. The molecule has 2 heterocycles. The van der Waals surface area contributed by atoms with Crippen molar-refractivity contribution in [3.63, 3.8) is 0 Å². The number of aliphatic carboxylic acids is 1. The predicted molar refractivity (Wildman–Crippen MR) is 102 cm³/mol. The molecule has 26 heavy (non-hydrogen) atoms. The van der Waals surface area contributed by atoms with Gasteiger partial charge in [0.25, 0.3) is 0 Å². The van der Waals surface area contributed by atoms with Gasteiger partial charge in [-0.05, 0) is 38.4 Å². The number of furan rings is 1. The molecule has 1 N–H and O–H groups in total. The number of likely N-dealkylation sites (tertiary alicyclic amines) is 1. The molecule has 0 aliphatic carbocycles. The minimum atomic E-state index is -0.742. The Kier molecular flexibility index (Phi) is 6.12. The number of carboxylic acids is 1. The van der Waals surface area contributed by atoms with Crippen molar-refractivity contribution >= 4 is 5.97 Å². The second-order valence-corrected chi connectivity index (χ2v) is 7.10. The summed E-state index contributed by atoms with van der Waals surface area (Å²) in [5.41, 5.74) is 2.35. The number of likely N-dealkylation sites (N-methyl/N-ethyl adjacent to an activating group) is 1. The van der Waals surface area contributed by atoms with Gasteiger partial charge in [0, 0.05) is 24.7 Å². The Balaban J connectivity index is 1.53. The van der Waals surface area contributed by atoms with Crippen LogP contribution in [0.2, 0.25) is 0 Å². The number of hydrogen-bond acceptors (Lipinski definition) is 4. The molecule has 0 bridgehead atoms. The number of nitrogens with zero attached hydrogens (tertiary/aromatic N) is 2. The summed E-state index contributed by atoms with van der Waals surface area (Å²) in [6.07, 6.45) is 2.01. The van der Waals surface area contributed by atoms with Crippen LogP contribution in [0.3, 0.4) is 0 Å². The van der Waals surface area contributed by atoms with Crippen LogP contribution in [-0.4, -0.2) is 53.1 Å². The summed E-state index contributed by atoms with van der Waals surface area (Å²) in [6.45, 7) is 7.79. The number of rotatable bonds is 7. The van der Waals surface area contributed by atoms with Gasteiger partial charge in [-0.1, -0.05) is 36.8 Å². The molecular formula is C21H28N2O3. The molecule has 1 aromatic heterocycles. The van der Waals surface area contributed by atoms with Crippen molar-refractivity contribution in [3.05, 3.63) is 47.7 Å². The zero-order valence-corrected chi connectivity index (χ0v) is 15.6. The summed E-state index contributed by atoms with van der Waals surface area (Å²) in [5.74, 6) is 1.15. The topological polar surface area (TPSA) is 56.9 Å². The molecule has 140 valence electrons. The lowest BCUT2D eigenvalue weighted by Gasteiger charge is -2.37. The van der Waals surface area contributed by atoms with E-state index in [2.05, 4.69) is 47.1 Å². The monoisotopic (exact) mass is 356 g/mol. The number of carboxylic acid groups (broad SMARTS) is 1. The standard InChI is InChI=1S/C21H28N2O3/c1-3-23(15-21(24)25)18-10-12-22(13-11-18)14-19-8-9-20(26-19)17-6-4-16(2)5-7-17/h4-9,18H,3,10-15H2,1-2H3,(H,24,25). The largest absolute Gasteiger partial charge is 0.480 e. The van der Waals surface area contributed by atoms with Gasteiger partial charge in [0.15, 0.2) is 0 Å². The molecule has 3 rings (SSSR count). The van der Waals surface area contributed by atoms with Gasteiger partial charge in [-0.25, -0.2) is 0 Å². The molecular weight excluding hydrogens is 328 g/mol. The maximum Gasteiger partial charge on any atom is 0.317 e. The number of carbonyl (C=O) groups is 1. The first-order chi connectivity index (χ1) is 12.5. The van der Waals surface area contributed by atoms with E-state index < -0.39 is 5.97 Å². The van der Waals surface area contributed by atoms with Gasteiger partial charge < -0.3 is 9.52 Å². The molecule has 0 atom stereocenters. The summed E-state index contributed by atoms with van der Waals surface area (Å²) in [7, 11) is 0. The van der Waals surface area contributed by atoms with Gasteiger partial charge >= 0.3 is 5.97 Å². The van der Waals surface area contributed by atoms with Gasteiger partial charge in [-0.15, -0.1) is 0 Å². The highest BCUT2D eigenvalue weighted by atomic mass is 16.4. The zero-order valence-electron chi connectivity index (χ0n) is 15.6. The smallest absolute Gasteiger partial charge is 0.317 e. The third-order valence-electron chi connectivity index (χ3n) is 5.20. The van der Waals surface area contributed by atoms with Crippen LogP contribution in [0, 0.1) is 6.92 Å². The quantitative estimate of drug-likeness (QED) is 0.821. The van der Waals surface area contributed by atoms with Crippen LogP contribution in [-0.2, 0) is 11.3 Å². The SMILES string of the molecule is CCN(CC(=O)O)C1CCN(Cc2ccc(-c3ccc(C)cc3)o2)CC1. The molecule has 1 aliphatic heterocycles. The van der Waals surface area contributed by atoms with E-state index >= 15 is 0 Å². The van der Waals surface area contributed by atoms with Crippen molar-refractivity contribution in [2.45, 2.75) is 39.3 Å². The maximum atomic E-state index is 11.0. The van der Waals surface area contributed by atoms with E-state index in [4.69, 9.17) is 9.52 Å². The summed E-state index contributed by atoms with van der Waals surface area (Å²) in [4.78, 5) is 15.5. The van der Waals surface area contributed by atoms with Gasteiger partial charge in [-0.2, -0.15) is 0 Å². The Morgan fingerprint density at radius 1 is 1.19 bits per heavy atom. The van der Waals surface area contributed by atoms with E-state index in [-0.39, 0.29) is 6.54 Å². The lowest BCUT2D eigenvalue weighted by Crippen LogP contribution is -2.46. The third-order valence-corrected chi connectivity index (χ3v) is 5.20. The Morgan fingerprint density at radius 2 is 1.88 bits per heavy atom. The molecule has 0 amide bonds. The lowest BCUT2D eigenvalue weighted by molar-refractivity contribution is -0.139. The predicted octanol–water partition coefficient (Wildman–Crippen LogP) is 3.63. The highest BCUT2D eigenvalue weighted by molar-refractivity contribution is 5.69. The van der Waals surface area contributed by atoms with E-state index in [1.54, 1.807) is 0 Å². The first-order valence-corrected chi connectivity index (χ1v) is 9.39. The summed E-state index contributed by atoms with van der Waals surface area (Å²) >= 11 is 0. The minimum Gasteiger partial charge on any atom is -0.480 e. The lowest BCUT2D eigenvalue weighted by atomic mass is 10.0. The molecule has 1 saturated heterocycles. The average Bonchev–Trinajstić information content (AvgIpc) is 3.09. The Labute approximate surface area is 155 Å². The van der Waals surface area contributed by atoms with Crippen LogP contribution in [0.15, 0.2) is 40.8 Å². The Morgan fingerprint density at radius 3 is 2.50 bits per heavy atom. The van der Waals surface area contributed by atoms with Crippen molar-refractivity contribution in [1.82, 2.24) is 9.80 Å². The zero-order chi connectivity index (χ0) is 18.5. The third kappa shape index (κ3) is 4.74. The highest BCUT2D eigenvalue weighted by Gasteiger charge is 2.25. The van der Waals surface area contributed by atoms with Crippen LogP contribution in [0.4, 0.5) is 0 Å². The number of piperidine rings is 1. The summed E-state index contributed by atoms with van der Waals surface area (Å²) < 4.78 is 6.03. The van der Waals surface area contributed by atoms with E-state index in [0.29, 0.717) is 6.04 Å². The van der Waals surface area contributed by atoms with Gasteiger partial charge in [-0.3, -0.25) is 14.6 Å². The second kappa shape index (κ2) is 8.52. The van der Waals surface area contributed by atoms with E-state index in [1.165, 1.54) is 5.56 Å². The van der Waals surface area contributed by atoms with E-state index in [1.807, 2.05) is 13.0 Å². The van der Waals surface area contributed by atoms with Crippen molar-refractivity contribution in [2.24, 2.45) is 0 Å². The molecule has 5 nitrogen and oxygen atoms in total. The van der Waals surface area contributed by atoms with Gasteiger partial charge in [0.2, 0.25) is 0 Å². The van der Waals surface area contributed by atoms with Crippen LogP contribution in [0.1, 0.15) is 31.1 Å². The van der Waals surface area contributed by atoms with Gasteiger partial charge in [0.05, 0.1) is 13.1 Å². The fraction of sp³-hybridized carbons (Fsp3) is 0.476. The molecule has 1 aliphatic rings. The summed E-state index contributed by atoms with van der Waals surface area (Å²) in [6, 6.07) is 12.8. The van der Waals surface area contributed by atoms with Crippen molar-refractivity contribution in [3.8, 4) is 11.3 Å². The molecule has 5 heteroatoms. The summed E-state index contributed by atoms with van der Waals surface area (Å²) in [5, 5.41) is 9.04. The maximum absolute atomic E-state index is 11.0. The number of aryl methyl sites for hydroxylation is 1.